The molecule has 0 saturated carbocycles. The van der Waals surface area contributed by atoms with Crippen molar-refractivity contribution in [1.82, 2.24) is 0 Å². The molecule has 1 unspecified atom stereocenters. The van der Waals surface area contributed by atoms with Crippen molar-refractivity contribution in [3.05, 3.63) is 59.2 Å². The predicted molar refractivity (Wildman–Crippen MR) is 89.1 cm³/mol. The molecule has 0 aliphatic heterocycles. The highest BCUT2D eigenvalue weighted by atomic mass is 16.5. The van der Waals surface area contributed by atoms with E-state index in [1.165, 1.54) is 0 Å². The highest BCUT2D eigenvalue weighted by molar-refractivity contribution is 5.92. The van der Waals surface area contributed by atoms with Crippen LogP contribution in [0.25, 0.3) is 0 Å². The van der Waals surface area contributed by atoms with E-state index in [1.54, 1.807) is 7.11 Å². The van der Waals surface area contributed by atoms with E-state index in [0.717, 1.165) is 28.1 Å². The van der Waals surface area contributed by atoms with Gasteiger partial charge in [0.05, 0.1) is 7.11 Å². The van der Waals surface area contributed by atoms with E-state index in [2.05, 4.69) is 5.32 Å². The van der Waals surface area contributed by atoms with E-state index >= 15 is 0 Å². The fourth-order valence-corrected chi connectivity index (χ4v) is 2.50. The molecule has 2 rings (SSSR count). The van der Waals surface area contributed by atoms with Crippen molar-refractivity contribution >= 4 is 11.6 Å². The van der Waals surface area contributed by atoms with Gasteiger partial charge in [-0.2, -0.15) is 0 Å². The molecule has 1 atom stereocenters. The average molecular weight is 298 g/mol. The van der Waals surface area contributed by atoms with E-state index < -0.39 is 0 Å². The number of nitrogens with one attached hydrogen (secondary N) is 1. The van der Waals surface area contributed by atoms with Gasteiger partial charge in [0.2, 0.25) is 5.91 Å². The first-order valence-corrected chi connectivity index (χ1v) is 7.27. The summed E-state index contributed by atoms with van der Waals surface area (Å²) in [5.41, 5.74) is 9.76. The summed E-state index contributed by atoms with van der Waals surface area (Å²) in [6, 6.07) is 13.1. The number of rotatable bonds is 5. The standard InChI is InChI=1S/C18H22N2O2/c1-12-9-10-16(13(2)18(12)22-3)20-17(21)11-15(19)14-7-5-4-6-8-14/h4-10,15H,11,19H2,1-3H3,(H,20,21). The lowest BCUT2D eigenvalue weighted by Gasteiger charge is -2.16. The Balaban J connectivity index is 2.07. The summed E-state index contributed by atoms with van der Waals surface area (Å²) in [6.45, 7) is 3.90. The van der Waals surface area contributed by atoms with E-state index in [0.29, 0.717) is 0 Å². The second-order valence-corrected chi connectivity index (χ2v) is 5.36. The number of nitrogens with two attached hydrogens (primary N) is 1. The van der Waals surface area contributed by atoms with Gasteiger partial charge in [-0.25, -0.2) is 0 Å². The van der Waals surface area contributed by atoms with Crippen LogP contribution >= 0.6 is 0 Å². The lowest BCUT2D eigenvalue weighted by molar-refractivity contribution is -0.116. The van der Waals surface area contributed by atoms with E-state index in [-0.39, 0.29) is 18.4 Å². The van der Waals surface area contributed by atoms with Crippen LogP contribution in [0.2, 0.25) is 0 Å². The smallest absolute Gasteiger partial charge is 0.226 e. The first-order valence-electron chi connectivity index (χ1n) is 7.27. The first kappa shape index (κ1) is 16.0. The molecule has 0 radical (unpaired) electrons. The third-order valence-corrected chi connectivity index (χ3v) is 3.71. The van der Waals surface area contributed by atoms with Crippen molar-refractivity contribution in [2.75, 3.05) is 12.4 Å². The number of amides is 1. The Morgan fingerprint density at radius 3 is 2.50 bits per heavy atom. The lowest BCUT2D eigenvalue weighted by Crippen LogP contribution is -2.21. The SMILES string of the molecule is COc1c(C)ccc(NC(=O)CC(N)c2ccccc2)c1C. The van der Waals surface area contributed by atoms with Crippen LogP contribution < -0.4 is 15.8 Å². The van der Waals surface area contributed by atoms with E-state index in [1.807, 2.05) is 56.3 Å². The number of carbonyl (C=O) groups is 1. The largest absolute Gasteiger partial charge is 0.496 e. The summed E-state index contributed by atoms with van der Waals surface area (Å²) in [5, 5.41) is 2.91. The molecule has 0 spiro atoms. The van der Waals surface area contributed by atoms with Crippen molar-refractivity contribution in [2.45, 2.75) is 26.3 Å². The summed E-state index contributed by atoms with van der Waals surface area (Å²) in [7, 11) is 1.63. The summed E-state index contributed by atoms with van der Waals surface area (Å²) < 4.78 is 5.37. The zero-order valence-corrected chi connectivity index (χ0v) is 13.2. The minimum absolute atomic E-state index is 0.106. The Kier molecular flexibility index (Phi) is 5.17. The second kappa shape index (κ2) is 7.09. The van der Waals surface area contributed by atoms with Crippen LogP contribution in [0.1, 0.15) is 29.2 Å². The van der Waals surface area contributed by atoms with E-state index in [4.69, 9.17) is 10.5 Å². The van der Waals surface area contributed by atoms with Gasteiger partial charge in [0.15, 0.2) is 0 Å². The number of anilines is 1. The van der Waals surface area contributed by atoms with Crippen LogP contribution in [-0.2, 0) is 4.79 Å². The minimum Gasteiger partial charge on any atom is -0.496 e. The molecular formula is C18H22N2O2. The van der Waals surface area contributed by atoms with Gasteiger partial charge in [-0.3, -0.25) is 4.79 Å². The molecule has 4 heteroatoms. The van der Waals surface area contributed by atoms with Gasteiger partial charge in [-0.15, -0.1) is 0 Å². The van der Waals surface area contributed by atoms with Crippen LogP contribution in [0.5, 0.6) is 5.75 Å². The molecule has 0 aromatic heterocycles. The maximum Gasteiger partial charge on any atom is 0.226 e. The number of aryl methyl sites for hydroxylation is 1. The Hall–Kier alpha value is -2.33. The number of ether oxygens (including phenoxy) is 1. The molecular weight excluding hydrogens is 276 g/mol. The monoisotopic (exact) mass is 298 g/mol. The van der Waals surface area contributed by atoms with Gasteiger partial charge in [0, 0.05) is 23.7 Å². The van der Waals surface area contributed by atoms with Crippen LogP contribution in [0.4, 0.5) is 5.69 Å². The number of methoxy groups -OCH3 is 1. The maximum atomic E-state index is 12.2. The molecule has 0 aliphatic carbocycles. The number of hydrogen-bond donors (Lipinski definition) is 2. The highest BCUT2D eigenvalue weighted by Crippen LogP contribution is 2.29. The summed E-state index contributed by atoms with van der Waals surface area (Å²) >= 11 is 0. The fraction of sp³-hybridized carbons (Fsp3) is 0.278. The van der Waals surface area contributed by atoms with Crippen LogP contribution in [0.3, 0.4) is 0 Å². The average Bonchev–Trinajstić information content (AvgIpc) is 2.51. The number of benzene rings is 2. The van der Waals surface area contributed by atoms with Crippen molar-refractivity contribution in [2.24, 2.45) is 5.73 Å². The fourth-order valence-electron chi connectivity index (χ4n) is 2.50. The second-order valence-electron chi connectivity index (χ2n) is 5.36. The quantitative estimate of drug-likeness (QED) is 0.889. The zero-order chi connectivity index (χ0) is 16.1. The minimum atomic E-state index is -0.311. The normalized spacial score (nSPS) is 11.8. The van der Waals surface area contributed by atoms with Crippen molar-refractivity contribution < 1.29 is 9.53 Å². The Morgan fingerprint density at radius 1 is 1.18 bits per heavy atom. The van der Waals surface area contributed by atoms with Crippen molar-refractivity contribution in [3.8, 4) is 5.75 Å². The molecule has 1 amide bonds. The summed E-state index contributed by atoms with van der Waals surface area (Å²) in [6.07, 6.45) is 0.236. The van der Waals surface area contributed by atoms with Gasteiger partial charge in [-0.05, 0) is 31.0 Å². The van der Waals surface area contributed by atoms with Crippen molar-refractivity contribution in [3.63, 3.8) is 0 Å². The summed E-state index contributed by atoms with van der Waals surface area (Å²) in [5.74, 6) is 0.690. The van der Waals surface area contributed by atoms with E-state index in [9.17, 15) is 4.79 Å². The number of hydrogen-bond acceptors (Lipinski definition) is 3. The third kappa shape index (κ3) is 3.65. The number of carbonyl (C=O) groups excluding carboxylic acids is 1. The molecule has 4 nitrogen and oxygen atoms in total. The molecule has 0 fully saturated rings. The van der Waals surface area contributed by atoms with Gasteiger partial charge >= 0.3 is 0 Å². The zero-order valence-electron chi connectivity index (χ0n) is 13.2. The maximum absolute atomic E-state index is 12.2. The van der Waals surface area contributed by atoms with Gasteiger partial charge < -0.3 is 15.8 Å². The predicted octanol–water partition coefficient (Wildman–Crippen LogP) is 3.34. The van der Waals surface area contributed by atoms with Crippen molar-refractivity contribution in [1.29, 1.82) is 0 Å². The Morgan fingerprint density at radius 2 is 1.86 bits per heavy atom. The van der Waals surface area contributed by atoms with Crippen LogP contribution in [-0.4, -0.2) is 13.0 Å². The Labute approximate surface area is 131 Å². The topological polar surface area (TPSA) is 64.3 Å². The Bertz CT molecular complexity index is 654. The molecule has 3 N–H and O–H groups in total. The third-order valence-electron chi connectivity index (χ3n) is 3.71. The molecule has 2 aromatic carbocycles. The molecule has 2 aromatic rings. The molecule has 116 valence electrons. The van der Waals surface area contributed by atoms with Gasteiger partial charge in [-0.1, -0.05) is 36.4 Å². The van der Waals surface area contributed by atoms with Gasteiger partial charge in [0.25, 0.3) is 0 Å². The summed E-state index contributed by atoms with van der Waals surface area (Å²) in [4.78, 5) is 12.2. The molecule has 0 aliphatic rings. The molecule has 22 heavy (non-hydrogen) atoms. The van der Waals surface area contributed by atoms with Crippen LogP contribution in [0, 0.1) is 13.8 Å². The van der Waals surface area contributed by atoms with Gasteiger partial charge in [0.1, 0.15) is 5.75 Å². The molecule has 0 bridgehead atoms. The lowest BCUT2D eigenvalue weighted by atomic mass is 10.0. The first-order chi connectivity index (χ1) is 10.5. The molecule has 0 saturated heterocycles. The van der Waals surface area contributed by atoms with Crippen LogP contribution in [0.15, 0.2) is 42.5 Å². The highest BCUT2D eigenvalue weighted by Gasteiger charge is 2.14. The molecule has 0 heterocycles.